The molecule has 0 aromatic heterocycles. The van der Waals surface area contributed by atoms with E-state index in [1.807, 2.05) is 4.90 Å². The third kappa shape index (κ3) is 5.30. The molecule has 0 aliphatic carbocycles. The van der Waals surface area contributed by atoms with Crippen LogP contribution >= 0.6 is 11.6 Å². The number of aromatic carboxylic acids is 1. The number of hydrogen-bond acceptors (Lipinski definition) is 6. The van der Waals surface area contributed by atoms with Gasteiger partial charge in [0.1, 0.15) is 5.75 Å². The van der Waals surface area contributed by atoms with Gasteiger partial charge in [0.2, 0.25) is 10.0 Å². The SMILES string of the molecule is COc1ccc(S(=O)(=O)N2CCCC(C)C2)cc1N1CCN(C(=O)c2cc(C(=O)O)ccc2Cl)CC1. The number of amides is 1. The number of carbonyl (C=O) groups is 2. The van der Waals surface area contributed by atoms with Gasteiger partial charge in [-0.1, -0.05) is 18.5 Å². The first kappa shape index (κ1) is 26.2. The first-order valence-electron chi connectivity index (χ1n) is 11.9. The van der Waals surface area contributed by atoms with Gasteiger partial charge in [-0.25, -0.2) is 13.2 Å². The summed E-state index contributed by atoms with van der Waals surface area (Å²) in [6.07, 6.45) is 1.87. The Morgan fingerprint density at radius 2 is 1.78 bits per heavy atom. The van der Waals surface area contributed by atoms with Gasteiger partial charge in [0, 0.05) is 39.3 Å². The highest BCUT2D eigenvalue weighted by atomic mass is 35.5. The Hall–Kier alpha value is -2.82. The molecule has 0 saturated carbocycles. The number of nitrogens with zero attached hydrogens (tertiary/aromatic N) is 3. The summed E-state index contributed by atoms with van der Waals surface area (Å²) in [5.74, 6) is -0.601. The molecule has 0 bridgehead atoms. The van der Waals surface area contributed by atoms with Crippen molar-refractivity contribution in [3.63, 3.8) is 0 Å². The molecule has 2 aromatic carbocycles. The second-order valence-electron chi connectivity index (χ2n) is 9.22. The Labute approximate surface area is 216 Å². The van der Waals surface area contributed by atoms with Crippen molar-refractivity contribution in [3.8, 4) is 5.75 Å². The van der Waals surface area contributed by atoms with Gasteiger partial charge in [-0.3, -0.25) is 4.79 Å². The lowest BCUT2D eigenvalue weighted by Gasteiger charge is -2.37. The van der Waals surface area contributed by atoms with Crippen LogP contribution in [0.1, 0.15) is 40.5 Å². The molecule has 1 atom stereocenters. The fourth-order valence-electron chi connectivity index (χ4n) is 4.73. The molecule has 2 heterocycles. The van der Waals surface area contributed by atoms with Gasteiger partial charge >= 0.3 is 5.97 Å². The van der Waals surface area contributed by atoms with Crippen LogP contribution in [0.15, 0.2) is 41.3 Å². The molecular formula is C25H30ClN3O6S. The normalized spacial score (nSPS) is 19.2. The van der Waals surface area contributed by atoms with E-state index in [1.165, 1.54) is 25.3 Å². The van der Waals surface area contributed by atoms with Gasteiger partial charge in [-0.2, -0.15) is 4.31 Å². The highest BCUT2D eigenvalue weighted by molar-refractivity contribution is 7.89. The van der Waals surface area contributed by atoms with E-state index in [1.54, 1.807) is 27.4 Å². The van der Waals surface area contributed by atoms with Gasteiger partial charge in [0.05, 0.1) is 33.8 Å². The minimum atomic E-state index is -3.63. The quantitative estimate of drug-likeness (QED) is 0.603. The van der Waals surface area contributed by atoms with Gasteiger partial charge in [-0.05, 0) is 55.2 Å². The summed E-state index contributed by atoms with van der Waals surface area (Å²) in [4.78, 5) is 28.2. The van der Waals surface area contributed by atoms with Gasteiger partial charge < -0.3 is 19.6 Å². The van der Waals surface area contributed by atoms with Crippen molar-refractivity contribution in [2.75, 3.05) is 51.3 Å². The fourth-order valence-corrected chi connectivity index (χ4v) is 6.55. The van der Waals surface area contributed by atoms with E-state index < -0.39 is 16.0 Å². The number of rotatable bonds is 6. The molecule has 2 aliphatic heterocycles. The van der Waals surface area contributed by atoms with Crippen LogP contribution in [0.5, 0.6) is 5.75 Å². The lowest BCUT2D eigenvalue weighted by molar-refractivity contribution is 0.0697. The van der Waals surface area contributed by atoms with E-state index in [-0.39, 0.29) is 27.0 Å². The minimum absolute atomic E-state index is 0.00718. The number of benzene rings is 2. The van der Waals surface area contributed by atoms with Crippen LogP contribution in [0, 0.1) is 5.92 Å². The van der Waals surface area contributed by atoms with E-state index in [0.29, 0.717) is 56.6 Å². The van der Waals surface area contributed by atoms with Crippen LogP contribution in [0.2, 0.25) is 5.02 Å². The first-order valence-corrected chi connectivity index (χ1v) is 13.7. The fraction of sp³-hybridized carbons (Fsp3) is 0.440. The molecule has 1 unspecified atom stereocenters. The number of anilines is 1. The van der Waals surface area contributed by atoms with Gasteiger partial charge in [0.15, 0.2) is 0 Å². The number of ether oxygens (including phenoxy) is 1. The summed E-state index contributed by atoms with van der Waals surface area (Å²) in [7, 11) is -2.10. The lowest BCUT2D eigenvalue weighted by atomic mass is 10.0. The van der Waals surface area contributed by atoms with Crippen LogP contribution in [-0.2, 0) is 10.0 Å². The summed E-state index contributed by atoms with van der Waals surface area (Å²) >= 11 is 6.18. The molecule has 194 valence electrons. The van der Waals surface area contributed by atoms with Crippen molar-refractivity contribution in [1.82, 2.24) is 9.21 Å². The zero-order valence-electron chi connectivity index (χ0n) is 20.3. The second kappa shape index (κ2) is 10.7. The number of piperidine rings is 1. The minimum Gasteiger partial charge on any atom is -0.495 e. The third-order valence-electron chi connectivity index (χ3n) is 6.76. The second-order valence-corrected chi connectivity index (χ2v) is 11.6. The molecule has 2 aromatic rings. The molecule has 0 radical (unpaired) electrons. The molecule has 9 nitrogen and oxygen atoms in total. The zero-order valence-corrected chi connectivity index (χ0v) is 21.9. The highest BCUT2D eigenvalue weighted by Crippen LogP contribution is 2.34. The Bertz CT molecular complexity index is 1260. The molecule has 36 heavy (non-hydrogen) atoms. The number of piperazine rings is 1. The maximum atomic E-state index is 13.3. The maximum Gasteiger partial charge on any atom is 0.335 e. The highest BCUT2D eigenvalue weighted by Gasteiger charge is 2.31. The predicted molar refractivity (Wildman–Crippen MR) is 137 cm³/mol. The van der Waals surface area contributed by atoms with Crippen molar-refractivity contribution in [3.05, 3.63) is 52.5 Å². The van der Waals surface area contributed by atoms with Crippen molar-refractivity contribution >= 4 is 39.2 Å². The zero-order chi connectivity index (χ0) is 26.0. The summed E-state index contributed by atoms with van der Waals surface area (Å²) in [5, 5.41) is 9.44. The number of carbonyl (C=O) groups excluding carboxylic acids is 1. The number of carboxylic acid groups (broad SMARTS) is 1. The molecule has 1 amide bonds. The van der Waals surface area contributed by atoms with Crippen LogP contribution in [-0.4, -0.2) is 81.0 Å². The Morgan fingerprint density at radius 3 is 2.42 bits per heavy atom. The Balaban J connectivity index is 1.52. The molecule has 2 saturated heterocycles. The topological polar surface area (TPSA) is 107 Å². The van der Waals surface area contributed by atoms with E-state index in [9.17, 15) is 23.1 Å². The number of carboxylic acids is 1. The lowest BCUT2D eigenvalue weighted by Crippen LogP contribution is -2.49. The Morgan fingerprint density at radius 1 is 1.06 bits per heavy atom. The van der Waals surface area contributed by atoms with Crippen molar-refractivity contribution < 1.29 is 27.9 Å². The molecule has 4 rings (SSSR count). The molecule has 11 heteroatoms. The largest absolute Gasteiger partial charge is 0.495 e. The van der Waals surface area contributed by atoms with E-state index in [2.05, 4.69) is 6.92 Å². The standard InChI is InChI=1S/C25H30ClN3O6S/c1-17-4-3-9-29(16-17)36(33,34)19-6-8-23(35-2)22(15-19)27-10-12-28(13-11-27)24(30)20-14-18(25(31)32)5-7-21(20)26/h5-8,14-15,17H,3-4,9-13,16H2,1-2H3,(H,31,32). The number of methoxy groups -OCH3 is 1. The van der Waals surface area contributed by atoms with Crippen LogP contribution < -0.4 is 9.64 Å². The van der Waals surface area contributed by atoms with Crippen molar-refractivity contribution in [2.45, 2.75) is 24.7 Å². The Kier molecular flexibility index (Phi) is 7.77. The van der Waals surface area contributed by atoms with Crippen molar-refractivity contribution in [2.24, 2.45) is 5.92 Å². The monoisotopic (exact) mass is 535 g/mol. The van der Waals surface area contributed by atoms with Crippen LogP contribution in [0.3, 0.4) is 0 Å². The molecular weight excluding hydrogens is 506 g/mol. The number of sulfonamides is 1. The summed E-state index contributed by atoms with van der Waals surface area (Å²) in [6, 6.07) is 8.96. The smallest absolute Gasteiger partial charge is 0.335 e. The van der Waals surface area contributed by atoms with Gasteiger partial charge in [0.25, 0.3) is 5.91 Å². The summed E-state index contributed by atoms with van der Waals surface area (Å²) in [6.45, 7) is 4.70. The van der Waals surface area contributed by atoms with Crippen LogP contribution in [0.25, 0.3) is 0 Å². The third-order valence-corrected chi connectivity index (χ3v) is 8.95. The summed E-state index contributed by atoms with van der Waals surface area (Å²) < 4.78 is 33.7. The molecule has 1 N–H and O–H groups in total. The predicted octanol–water partition coefficient (Wildman–Crippen LogP) is 3.43. The molecule has 2 fully saturated rings. The average molecular weight is 536 g/mol. The van der Waals surface area contributed by atoms with E-state index in [0.717, 1.165) is 12.8 Å². The number of halogens is 1. The first-order chi connectivity index (χ1) is 17.1. The summed E-state index contributed by atoms with van der Waals surface area (Å²) in [5.41, 5.74) is 0.792. The van der Waals surface area contributed by atoms with Gasteiger partial charge in [-0.15, -0.1) is 0 Å². The van der Waals surface area contributed by atoms with E-state index >= 15 is 0 Å². The van der Waals surface area contributed by atoms with Crippen molar-refractivity contribution in [1.29, 1.82) is 0 Å². The average Bonchev–Trinajstić information content (AvgIpc) is 2.88. The molecule has 2 aliphatic rings. The molecule has 0 spiro atoms. The van der Waals surface area contributed by atoms with E-state index in [4.69, 9.17) is 16.3 Å². The maximum absolute atomic E-state index is 13.3. The number of hydrogen-bond donors (Lipinski definition) is 1. The van der Waals surface area contributed by atoms with Crippen LogP contribution in [0.4, 0.5) is 5.69 Å².